The molecule has 2 heterocycles. The molecule has 2 aromatic rings. The highest BCUT2D eigenvalue weighted by Crippen LogP contribution is 2.38. The third kappa shape index (κ3) is 3.00. The standard InChI is InChI=1S/C15H14Cl2N2O4S/c1-2-3-24-15-18-9-4-7(16)8(17)5-10(9)19(15)14-13(22)12(21)11(6-20)23-14/h1,4-5,11-14,20-22H,3,6H2/t11-,12-,13-,14?/m1/s1. The number of aliphatic hydroxyl groups excluding tert-OH is 3. The molecule has 128 valence electrons. The molecule has 6 nitrogen and oxygen atoms in total. The number of aliphatic hydroxyl groups is 3. The van der Waals surface area contributed by atoms with Crippen LogP contribution < -0.4 is 0 Å². The molecule has 1 unspecified atom stereocenters. The van der Waals surface area contributed by atoms with Gasteiger partial charge in [-0.1, -0.05) is 40.9 Å². The molecule has 0 amide bonds. The molecule has 4 atom stereocenters. The number of hydrogen-bond donors (Lipinski definition) is 3. The number of thioether (sulfide) groups is 1. The van der Waals surface area contributed by atoms with E-state index >= 15 is 0 Å². The van der Waals surface area contributed by atoms with E-state index in [1.807, 2.05) is 0 Å². The molecule has 0 aliphatic carbocycles. The van der Waals surface area contributed by atoms with E-state index in [2.05, 4.69) is 10.9 Å². The highest BCUT2D eigenvalue weighted by Gasteiger charge is 2.44. The average Bonchev–Trinajstić information content (AvgIpc) is 3.04. The molecule has 0 spiro atoms. The summed E-state index contributed by atoms with van der Waals surface area (Å²) in [5, 5.41) is 30.8. The highest BCUT2D eigenvalue weighted by molar-refractivity contribution is 7.99. The van der Waals surface area contributed by atoms with Crippen LogP contribution in [0.5, 0.6) is 0 Å². The Morgan fingerprint density at radius 2 is 2.00 bits per heavy atom. The Balaban J connectivity index is 2.14. The Morgan fingerprint density at radius 3 is 2.62 bits per heavy atom. The number of imidazole rings is 1. The first kappa shape index (κ1) is 17.8. The van der Waals surface area contributed by atoms with Crippen molar-refractivity contribution in [3.63, 3.8) is 0 Å². The van der Waals surface area contributed by atoms with Gasteiger partial charge < -0.3 is 20.1 Å². The van der Waals surface area contributed by atoms with E-state index in [0.717, 1.165) is 0 Å². The van der Waals surface area contributed by atoms with E-state index in [-0.39, 0.29) is 0 Å². The van der Waals surface area contributed by atoms with Crippen molar-refractivity contribution in [2.45, 2.75) is 29.7 Å². The molecule has 3 rings (SSSR count). The lowest BCUT2D eigenvalue weighted by Gasteiger charge is -2.19. The zero-order chi connectivity index (χ0) is 17.4. The van der Waals surface area contributed by atoms with Crippen LogP contribution in [-0.2, 0) is 4.74 Å². The molecule has 1 aliphatic rings. The minimum Gasteiger partial charge on any atom is -0.394 e. The average molecular weight is 389 g/mol. The molecule has 1 fully saturated rings. The van der Waals surface area contributed by atoms with Gasteiger partial charge in [-0.3, -0.25) is 4.57 Å². The van der Waals surface area contributed by atoms with Crippen LogP contribution in [-0.4, -0.2) is 55.5 Å². The second kappa shape index (κ2) is 7.10. The number of aromatic nitrogens is 2. The summed E-state index contributed by atoms with van der Waals surface area (Å²) in [6.07, 6.45) is 1.03. The number of rotatable bonds is 4. The van der Waals surface area contributed by atoms with E-state index in [1.54, 1.807) is 16.7 Å². The van der Waals surface area contributed by atoms with Gasteiger partial charge in [0, 0.05) is 0 Å². The van der Waals surface area contributed by atoms with Gasteiger partial charge in [-0.05, 0) is 12.1 Å². The van der Waals surface area contributed by atoms with Crippen molar-refractivity contribution in [1.82, 2.24) is 9.55 Å². The molecular weight excluding hydrogens is 375 g/mol. The zero-order valence-electron chi connectivity index (χ0n) is 12.3. The number of terminal acetylenes is 1. The Morgan fingerprint density at radius 1 is 1.29 bits per heavy atom. The van der Waals surface area contributed by atoms with Gasteiger partial charge in [0.15, 0.2) is 11.4 Å². The molecule has 0 bridgehead atoms. The number of hydrogen-bond acceptors (Lipinski definition) is 6. The van der Waals surface area contributed by atoms with Crippen molar-refractivity contribution < 1.29 is 20.1 Å². The number of nitrogens with zero attached hydrogens (tertiary/aromatic N) is 2. The maximum Gasteiger partial charge on any atom is 0.172 e. The van der Waals surface area contributed by atoms with Crippen LogP contribution in [0.1, 0.15) is 6.23 Å². The largest absolute Gasteiger partial charge is 0.394 e. The van der Waals surface area contributed by atoms with Crippen molar-refractivity contribution in [1.29, 1.82) is 0 Å². The van der Waals surface area contributed by atoms with E-state index in [1.165, 1.54) is 11.8 Å². The Bertz CT molecular complexity index is 807. The fraction of sp³-hybridized carbons (Fsp3) is 0.400. The van der Waals surface area contributed by atoms with Gasteiger partial charge in [-0.15, -0.1) is 6.42 Å². The Labute approximate surface area is 152 Å². The predicted octanol–water partition coefficient (Wildman–Crippen LogP) is 1.68. The second-order valence-corrected chi connectivity index (χ2v) is 7.00. The minimum absolute atomic E-state index is 0.325. The smallest absolute Gasteiger partial charge is 0.172 e. The van der Waals surface area contributed by atoms with Crippen molar-refractivity contribution >= 4 is 46.0 Å². The summed E-state index contributed by atoms with van der Waals surface area (Å²) in [7, 11) is 0. The number of ether oxygens (including phenoxy) is 1. The summed E-state index contributed by atoms with van der Waals surface area (Å²) >= 11 is 13.4. The van der Waals surface area contributed by atoms with Crippen LogP contribution >= 0.6 is 35.0 Å². The molecule has 9 heteroatoms. The summed E-state index contributed by atoms with van der Waals surface area (Å²) in [6, 6.07) is 3.22. The lowest BCUT2D eigenvalue weighted by atomic mass is 10.1. The molecule has 3 N–H and O–H groups in total. The molecule has 0 radical (unpaired) electrons. The number of halogens is 2. The van der Waals surface area contributed by atoms with Crippen LogP contribution in [0, 0.1) is 12.3 Å². The lowest BCUT2D eigenvalue weighted by molar-refractivity contribution is -0.0545. The SMILES string of the molecule is C#CCSc1nc2cc(Cl)c(Cl)cc2n1C1O[C@H](CO)[C@@H](O)[C@H]1O. The fourth-order valence-corrected chi connectivity index (χ4v) is 3.65. The van der Waals surface area contributed by atoms with Gasteiger partial charge in [0.25, 0.3) is 0 Å². The quantitative estimate of drug-likeness (QED) is 0.545. The first-order valence-electron chi connectivity index (χ1n) is 7.03. The summed E-state index contributed by atoms with van der Waals surface area (Å²) in [5.41, 5.74) is 1.14. The van der Waals surface area contributed by atoms with Crippen molar-refractivity contribution in [2.24, 2.45) is 0 Å². The topological polar surface area (TPSA) is 87.7 Å². The van der Waals surface area contributed by atoms with Crippen molar-refractivity contribution in [2.75, 3.05) is 12.4 Å². The summed E-state index contributed by atoms with van der Waals surface area (Å²) in [4.78, 5) is 4.46. The van der Waals surface area contributed by atoms with Gasteiger partial charge in [0.05, 0.1) is 33.4 Å². The lowest BCUT2D eigenvalue weighted by Crippen LogP contribution is -2.33. The van der Waals surface area contributed by atoms with Crippen LogP contribution in [0.4, 0.5) is 0 Å². The highest BCUT2D eigenvalue weighted by atomic mass is 35.5. The minimum atomic E-state index is -1.24. The molecule has 1 aromatic heterocycles. The first-order valence-corrected chi connectivity index (χ1v) is 8.77. The van der Waals surface area contributed by atoms with Gasteiger partial charge in [0.1, 0.15) is 18.3 Å². The molecule has 1 aliphatic heterocycles. The van der Waals surface area contributed by atoms with Crippen LogP contribution in [0.15, 0.2) is 17.3 Å². The zero-order valence-corrected chi connectivity index (χ0v) is 14.6. The molecule has 1 aromatic carbocycles. The molecular formula is C15H14Cl2N2O4S. The first-order chi connectivity index (χ1) is 11.5. The van der Waals surface area contributed by atoms with Crippen LogP contribution in [0.3, 0.4) is 0 Å². The normalized spacial score (nSPS) is 26.8. The van der Waals surface area contributed by atoms with Crippen LogP contribution in [0.25, 0.3) is 11.0 Å². The molecule has 1 saturated heterocycles. The third-order valence-corrected chi connectivity index (χ3v) is 5.33. The van der Waals surface area contributed by atoms with Gasteiger partial charge in [-0.25, -0.2) is 4.98 Å². The fourth-order valence-electron chi connectivity index (χ4n) is 2.62. The van der Waals surface area contributed by atoms with E-state index in [4.69, 9.17) is 34.4 Å². The van der Waals surface area contributed by atoms with Crippen LogP contribution in [0.2, 0.25) is 10.0 Å². The monoisotopic (exact) mass is 388 g/mol. The summed E-state index contributed by atoms with van der Waals surface area (Å²) < 4.78 is 7.22. The van der Waals surface area contributed by atoms with Gasteiger partial charge in [0.2, 0.25) is 0 Å². The maximum atomic E-state index is 10.3. The van der Waals surface area contributed by atoms with Crippen molar-refractivity contribution in [3.8, 4) is 12.3 Å². The van der Waals surface area contributed by atoms with E-state index < -0.39 is 31.1 Å². The number of benzene rings is 1. The third-order valence-electron chi connectivity index (χ3n) is 3.76. The summed E-state index contributed by atoms with van der Waals surface area (Å²) in [6.45, 7) is -0.416. The Kier molecular flexibility index (Phi) is 5.27. The Hall–Kier alpha value is -0.980. The van der Waals surface area contributed by atoms with E-state index in [0.29, 0.717) is 32.0 Å². The summed E-state index contributed by atoms with van der Waals surface area (Å²) in [5.74, 6) is 2.87. The van der Waals surface area contributed by atoms with E-state index in [9.17, 15) is 15.3 Å². The maximum absolute atomic E-state index is 10.3. The second-order valence-electron chi connectivity index (χ2n) is 5.24. The van der Waals surface area contributed by atoms with Gasteiger partial charge in [-0.2, -0.15) is 0 Å². The van der Waals surface area contributed by atoms with Crippen molar-refractivity contribution in [3.05, 3.63) is 22.2 Å². The predicted molar refractivity (Wildman–Crippen MR) is 92.3 cm³/mol. The van der Waals surface area contributed by atoms with Gasteiger partial charge >= 0.3 is 0 Å². The number of fused-ring (bicyclic) bond motifs is 1. The molecule has 24 heavy (non-hydrogen) atoms. The molecule has 0 saturated carbocycles.